The number of anilines is 1. The van der Waals surface area contributed by atoms with E-state index in [2.05, 4.69) is 38.6 Å². The van der Waals surface area contributed by atoms with E-state index in [0.717, 1.165) is 42.6 Å². The van der Waals surface area contributed by atoms with Crippen LogP contribution in [0.5, 0.6) is 0 Å². The zero-order chi connectivity index (χ0) is 13.5. The van der Waals surface area contributed by atoms with Gasteiger partial charge in [0.25, 0.3) is 0 Å². The Labute approximate surface area is 117 Å². The van der Waals surface area contributed by atoms with Crippen LogP contribution in [-0.2, 0) is 13.1 Å². The highest BCUT2D eigenvalue weighted by Crippen LogP contribution is 2.19. The molecule has 0 atom stereocenters. The molecule has 0 bridgehead atoms. The fourth-order valence-corrected chi connectivity index (χ4v) is 2.46. The molecule has 1 N–H and O–H groups in total. The Bertz CT molecular complexity index is 485. The van der Waals surface area contributed by atoms with Gasteiger partial charge in [-0.15, -0.1) is 5.10 Å². The van der Waals surface area contributed by atoms with Crippen molar-refractivity contribution in [2.45, 2.75) is 26.9 Å². The van der Waals surface area contributed by atoms with Crippen LogP contribution in [0.2, 0.25) is 0 Å². The summed E-state index contributed by atoms with van der Waals surface area (Å²) in [5, 5.41) is 8.58. The van der Waals surface area contributed by atoms with Gasteiger partial charge in [-0.2, -0.15) is 0 Å². The van der Waals surface area contributed by atoms with Gasteiger partial charge in [0.2, 0.25) is 0 Å². The molecule has 102 valence electrons. The van der Waals surface area contributed by atoms with Gasteiger partial charge in [-0.05, 0) is 25.6 Å². The zero-order valence-corrected chi connectivity index (χ0v) is 12.2. The maximum absolute atomic E-state index is 4.36. The van der Waals surface area contributed by atoms with Gasteiger partial charge in [0.05, 0.1) is 5.69 Å². The molecule has 0 amide bonds. The molecule has 0 aromatic carbocycles. The highest BCUT2D eigenvalue weighted by molar-refractivity contribution is 7.10. The molecule has 0 aliphatic carbocycles. The standard InChI is InChI=1S/C13H19N5S/c1-3-14-13-12(16-17-19-13)10-18(4-2)9-11-7-5-6-8-15-11/h5-8,14H,3-4,9-10H2,1-2H3. The summed E-state index contributed by atoms with van der Waals surface area (Å²) in [6.45, 7) is 7.71. The first-order valence-corrected chi connectivity index (χ1v) is 7.28. The van der Waals surface area contributed by atoms with Gasteiger partial charge < -0.3 is 5.32 Å². The number of hydrogen-bond donors (Lipinski definition) is 1. The molecule has 2 aromatic heterocycles. The van der Waals surface area contributed by atoms with E-state index in [1.807, 2.05) is 24.4 Å². The van der Waals surface area contributed by atoms with Crippen molar-refractivity contribution in [3.05, 3.63) is 35.8 Å². The highest BCUT2D eigenvalue weighted by Gasteiger charge is 2.12. The lowest BCUT2D eigenvalue weighted by molar-refractivity contribution is 0.265. The number of pyridine rings is 1. The number of nitrogens with zero attached hydrogens (tertiary/aromatic N) is 4. The van der Waals surface area contributed by atoms with Crippen LogP contribution in [0.15, 0.2) is 24.4 Å². The van der Waals surface area contributed by atoms with Gasteiger partial charge in [0.15, 0.2) is 0 Å². The van der Waals surface area contributed by atoms with Gasteiger partial charge in [0.1, 0.15) is 10.7 Å². The third-order valence-corrected chi connectivity index (χ3v) is 3.55. The van der Waals surface area contributed by atoms with Gasteiger partial charge >= 0.3 is 0 Å². The predicted molar refractivity (Wildman–Crippen MR) is 78.1 cm³/mol. The summed E-state index contributed by atoms with van der Waals surface area (Å²) in [5.41, 5.74) is 2.10. The maximum atomic E-state index is 4.36. The molecular formula is C13H19N5S. The summed E-state index contributed by atoms with van der Waals surface area (Å²) in [6.07, 6.45) is 1.83. The topological polar surface area (TPSA) is 53.9 Å². The second-order valence-corrected chi connectivity index (χ2v) is 4.96. The fraction of sp³-hybridized carbons (Fsp3) is 0.462. The fourth-order valence-electron chi connectivity index (χ4n) is 1.82. The van der Waals surface area contributed by atoms with E-state index >= 15 is 0 Å². The molecule has 0 aliphatic heterocycles. The van der Waals surface area contributed by atoms with Crippen molar-refractivity contribution in [2.24, 2.45) is 0 Å². The molecule has 0 fully saturated rings. The van der Waals surface area contributed by atoms with Crippen molar-refractivity contribution in [1.29, 1.82) is 0 Å². The highest BCUT2D eigenvalue weighted by atomic mass is 32.1. The molecule has 19 heavy (non-hydrogen) atoms. The van der Waals surface area contributed by atoms with Crippen LogP contribution in [0.1, 0.15) is 25.2 Å². The summed E-state index contributed by atoms with van der Waals surface area (Å²) in [6, 6.07) is 6.01. The summed E-state index contributed by atoms with van der Waals surface area (Å²) < 4.78 is 4.02. The zero-order valence-electron chi connectivity index (χ0n) is 11.3. The van der Waals surface area contributed by atoms with E-state index < -0.39 is 0 Å². The largest absolute Gasteiger partial charge is 0.374 e. The predicted octanol–water partition coefficient (Wildman–Crippen LogP) is 2.39. The summed E-state index contributed by atoms with van der Waals surface area (Å²) in [7, 11) is 0. The van der Waals surface area contributed by atoms with E-state index in [4.69, 9.17) is 0 Å². The van der Waals surface area contributed by atoms with E-state index in [-0.39, 0.29) is 0 Å². The van der Waals surface area contributed by atoms with Crippen LogP contribution >= 0.6 is 11.5 Å². The molecule has 2 rings (SSSR count). The molecule has 0 saturated heterocycles. The number of rotatable bonds is 7. The first-order valence-electron chi connectivity index (χ1n) is 6.50. The van der Waals surface area contributed by atoms with Gasteiger partial charge in [-0.3, -0.25) is 9.88 Å². The van der Waals surface area contributed by atoms with Crippen molar-refractivity contribution in [3.63, 3.8) is 0 Å². The van der Waals surface area contributed by atoms with E-state index in [0.29, 0.717) is 0 Å². The van der Waals surface area contributed by atoms with Crippen molar-refractivity contribution in [1.82, 2.24) is 19.5 Å². The smallest absolute Gasteiger partial charge is 0.134 e. The molecule has 2 heterocycles. The van der Waals surface area contributed by atoms with Gasteiger partial charge in [-0.1, -0.05) is 17.5 Å². The second kappa shape index (κ2) is 7.16. The van der Waals surface area contributed by atoms with Crippen molar-refractivity contribution >= 4 is 16.5 Å². The average molecular weight is 277 g/mol. The summed E-state index contributed by atoms with van der Waals surface area (Å²) in [4.78, 5) is 6.67. The third kappa shape index (κ3) is 3.97. The molecule has 0 spiro atoms. The first-order chi connectivity index (χ1) is 9.33. The SMILES string of the molecule is CCNc1snnc1CN(CC)Cc1ccccn1. The average Bonchev–Trinajstić information content (AvgIpc) is 2.87. The Morgan fingerprint density at radius 1 is 1.26 bits per heavy atom. The lowest BCUT2D eigenvalue weighted by Crippen LogP contribution is -2.23. The van der Waals surface area contributed by atoms with Crippen LogP contribution in [0.25, 0.3) is 0 Å². The normalized spacial score (nSPS) is 10.9. The molecule has 0 saturated carbocycles. The quantitative estimate of drug-likeness (QED) is 0.842. The Morgan fingerprint density at radius 3 is 2.84 bits per heavy atom. The Kier molecular flexibility index (Phi) is 5.23. The van der Waals surface area contributed by atoms with Crippen LogP contribution in [-0.4, -0.2) is 32.6 Å². The molecule has 0 aliphatic rings. The third-order valence-electron chi connectivity index (χ3n) is 2.83. The van der Waals surface area contributed by atoms with Crippen LogP contribution < -0.4 is 5.32 Å². The summed E-state index contributed by atoms with van der Waals surface area (Å²) >= 11 is 1.42. The van der Waals surface area contributed by atoms with Crippen LogP contribution in [0.4, 0.5) is 5.00 Å². The minimum atomic E-state index is 0.798. The molecule has 5 nitrogen and oxygen atoms in total. The molecule has 2 aromatic rings. The number of aromatic nitrogens is 3. The minimum Gasteiger partial charge on any atom is -0.374 e. The molecular weight excluding hydrogens is 258 g/mol. The van der Waals surface area contributed by atoms with E-state index in [1.165, 1.54) is 11.5 Å². The molecule has 0 radical (unpaired) electrons. The van der Waals surface area contributed by atoms with Gasteiger partial charge in [0, 0.05) is 37.4 Å². The van der Waals surface area contributed by atoms with Crippen molar-refractivity contribution in [2.75, 3.05) is 18.4 Å². The monoisotopic (exact) mass is 277 g/mol. The minimum absolute atomic E-state index is 0.798. The van der Waals surface area contributed by atoms with Crippen LogP contribution in [0.3, 0.4) is 0 Å². The molecule has 6 heteroatoms. The Morgan fingerprint density at radius 2 is 2.16 bits per heavy atom. The van der Waals surface area contributed by atoms with Crippen molar-refractivity contribution in [3.8, 4) is 0 Å². The Hall–Kier alpha value is -1.53. The van der Waals surface area contributed by atoms with E-state index in [1.54, 1.807) is 0 Å². The van der Waals surface area contributed by atoms with Gasteiger partial charge in [-0.25, -0.2) is 0 Å². The first kappa shape index (κ1) is 13.9. The van der Waals surface area contributed by atoms with E-state index in [9.17, 15) is 0 Å². The van der Waals surface area contributed by atoms with Crippen molar-refractivity contribution < 1.29 is 0 Å². The maximum Gasteiger partial charge on any atom is 0.134 e. The lowest BCUT2D eigenvalue weighted by atomic mass is 10.3. The van der Waals surface area contributed by atoms with Crippen LogP contribution in [0, 0.1) is 0 Å². The summed E-state index contributed by atoms with van der Waals surface area (Å²) in [5.74, 6) is 0. The number of hydrogen-bond acceptors (Lipinski definition) is 6. The second-order valence-electron chi connectivity index (χ2n) is 4.20. The molecule has 0 unspecified atom stereocenters. The number of nitrogens with one attached hydrogen (secondary N) is 1. The lowest BCUT2D eigenvalue weighted by Gasteiger charge is -2.19. The Balaban J connectivity index is 2.00.